The molecule has 0 N–H and O–H groups in total. The number of furan rings is 1. The van der Waals surface area contributed by atoms with Crippen LogP contribution in [0.2, 0.25) is 0 Å². The number of hydrogen-bond donors (Lipinski definition) is 0. The summed E-state index contributed by atoms with van der Waals surface area (Å²) in [5.74, 6) is 0.664. The second kappa shape index (κ2) is 9.36. The number of aromatic nitrogens is 3. The molecule has 4 aromatic heterocycles. The van der Waals surface area contributed by atoms with Crippen molar-refractivity contribution in [1.82, 2.24) is 14.5 Å². The molecule has 5 heteroatoms. The number of para-hydroxylation sites is 3. The van der Waals surface area contributed by atoms with Crippen LogP contribution in [-0.4, -0.2) is 14.5 Å². The molecule has 0 aliphatic carbocycles. The second-order valence-electron chi connectivity index (χ2n) is 11.3. The van der Waals surface area contributed by atoms with Crippen molar-refractivity contribution < 1.29 is 4.42 Å². The predicted octanol–water partition coefficient (Wildman–Crippen LogP) is 11.2. The van der Waals surface area contributed by atoms with E-state index in [2.05, 4.69) is 108 Å². The SMILES string of the molecule is c1ccc(-c2nc(-c3ccccc3-n3c4ccccc4c4c5sc6ccccc6c5ccc43)nc3c2oc2ccccc23)cc1. The predicted molar refractivity (Wildman–Crippen MR) is 187 cm³/mol. The lowest BCUT2D eigenvalue weighted by Crippen LogP contribution is -2.00. The fourth-order valence-electron chi connectivity index (χ4n) is 6.86. The molecule has 4 heterocycles. The highest BCUT2D eigenvalue weighted by Gasteiger charge is 2.22. The molecular weight excluding hydrogens is 571 g/mol. The van der Waals surface area contributed by atoms with Gasteiger partial charge in [0.25, 0.3) is 0 Å². The maximum Gasteiger partial charge on any atom is 0.180 e. The molecule has 0 spiro atoms. The minimum atomic E-state index is 0.664. The first-order chi connectivity index (χ1) is 22.3. The summed E-state index contributed by atoms with van der Waals surface area (Å²) in [4.78, 5) is 10.4. The van der Waals surface area contributed by atoms with Crippen LogP contribution >= 0.6 is 11.3 Å². The number of nitrogens with zero attached hydrogens (tertiary/aromatic N) is 3. The van der Waals surface area contributed by atoms with Crippen molar-refractivity contribution in [3.05, 3.63) is 140 Å². The molecule has 0 saturated carbocycles. The molecule has 0 aliphatic rings. The summed E-state index contributed by atoms with van der Waals surface area (Å²) in [7, 11) is 0. The zero-order chi connectivity index (χ0) is 29.5. The lowest BCUT2D eigenvalue weighted by Gasteiger charge is -2.14. The van der Waals surface area contributed by atoms with E-state index in [1.165, 1.54) is 36.5 Å². The fraction of sp³-hybridized carbons (Fsp3) is 0. The van der Waals surface area contributed by atoms with Gasteiger partial charge in [0.2, 0.25) is 0 Å². The number of fused-ring (bicyclic) bond motifs is 10. The van der Waals surface area contributed by atoms with Crippen LogP contribution < -0.4 is 0 Å². The van der Waals surface area contributed by atoms with E-state index in [0.29, 0.717) is 11.4 Å². The third-order valence-electron chi connectivity index (χ3n) is 8.83. The van der Waals surface area contributed by atoms with Crippen LogP contribution in [0.5, 0.6) is 0 Å². The highest BCUT2D eigenvalue weighted by Crippen LogP contribution is 2.44. The molecule has 6 aromatic carbocycles. The lowest BCUT2D eigenvalue weighted by molar-refractivity contribution is 0.667. The van der Waals surface area contributed by atoms with Gasteiger partial charge in [-0.3, -0.25) is 0 Å². The molecule has 0 bridgehead atoms. The van der Waals surface area contributed by atoms with Crippen LogP contribution in [0.3, 0.4) is 0 Å². The highest BCUT2D eigenvalue weighted by atomic mass is 32.1. The van der Waals surface area contributed by atoms with Crippen LogP contribution in [0.15, 0.2) is 144 Å². The van der Waals surface area contributed by atoms with E-state index in [0.717, 1.165) is 44.5 Å². The number of rotatable bonds is 3. The third kappa shape index (κ3) is 3.53. The Kier molecular flexibility index (Phi) is 5.12. The van der Waals surface area contributed by atoms with Gasteiger partial charge < -0.3 is 8.98 Å². The van der Waals surface area contributed by atoms with Crippen LogP contribution in [0.4, 0.5) is 0 Å². The molecule has 0 saturated heterocycles. The highest BCUT2D eigenvalue weighted by molar-refractivity contribution is 7.26. The van der Waals surface area contributed by atoms with E-state index in [-0.39, 0.29) is 0 Å². The standard InChI is InChI=1S/C40H23N3OS/c1-2-12-24(13-3-1)36-38-37(29-17-6-10-20-33(29)44-38)42-40(41-36)28-16-5-9-19-31(28)43-30-18-8-4-15-27(30)35-32(43)23-22-26-25-14-7-11-21-34(25)45-39(26)35/h1-23H. The van der Waals surface area contributed by atoms with Gasteiger partial charge in [-0.05, 0) is 42.5 Å². The van der Waals surface area contributed by atoms with Gasteiger partial charge in [-0.2, -0.15) is 0 Å². The van der Waals surface area contributed by atoms with Gasteiger partial charge in [-0.25, -0.2) is 9.97 Å². The molecule has 210 valence electrons. The summed E-state index contributed by atoms with van der Waals surface area (Å²) in [6.07, 6.45) is 0. The summed E-state index contributed by atoms with van der Waals surface area (Å²) in [5.41, 5.74) is 8.42. The zero-order valence-electron chi connectivity index (χ0n) is 23.9. The van der Waals surface area contributed by atoms with Crippen molar-refractivity contribution >= 4 is 75.4 Å². The Balaban J connectivity index is 1.30. The molecule has 0 unspecified atom stereocenters. The summed E-state index contributed by atoms with van der Waals surface area (Å²) >= 11 is 1.87. The van der Waals surface area contributed by atoms with Crippen LogP contribution in [-0.2, 0) is 0 Å². The Labute approximate surface area is 261 Å². The van der Waals surface area contributed by atoms with Crippen molar-refractivity contribution in [1.29, 1.82) is 0 Å². The minimum absolute atomic E-state index is 0.664. The van der Waals surface area contributed by atoms with E-state index in [4.69, 9.17) is 14.4 Å². The number of hydrogen-bond acceptors (Lipinski definition) is 4. The van der Waals surface area contributed by atoms with Gasteiger partial charge >= 0.3 is 0 Å². The quantitative estimate of drug-likeness (QED) is 0.205. The van der Waals surface area contributed by atoms with E-state index in [1.54, 1.807) is 0 Å². The van der Waals surface area contributed by atoms with Crippen molar-refractivity contribution in [2.24, 2.45) is 0 Å². The average molecular weight is 594 g/mol. The molecule has 0 aliphatic heterocycles. The molecule has 4 nitrogen and oxygen atoms in total. The third-order valence-corrected chi connectivity index (χ3v) is 10.0. The Morgan fingerprint density at radius 1 is 0.556 bits per heavy atom. The molecule has 45 heavy (non-hydrogen) atoms. The zero-order valence-corrected chi connectivity index (χ0v) is 24.8. The Morgan fingerprint density at radius 2 is 1.29 bits per heavy atom. The second-order valence-corrected chi connectivity index (χ2v) is 12.4. The summed E-state index contributed by atoms with van der Waals surface area (Å²) in [5, 5.41) is 6.10. The Bertz CT molecular complexity index is 2770. The van der Waals surface area contributed by atoms with Crippen LogP contribution in [0.1, 0.15) is 0 Å². The van der Waals surface area contributed by atoms with Crippen molar-refractivity contribution in [2.45, 2.75) is 0 Å². The molecule has 0 radical (unpaired) electrons. The molecule has 0 fully saturated rings. The van der Waals surface area contributed by atoms with Gasteiger partial charge in [0.05, 0.1) is 16.7 Å². The first-order valence-electron chi connectivity index (χ1n) is 15.0. The smallest absolute Gasteiger partial charge is 0.180 e. The van der Waals surface area contributed by atoms with Crippen LogP contribution in [0.25, 0.3) is 92.4 Å². The summed E-state index contributed by atoms with van der Waals surface area (Å²) in [6.45, 7) is 0. The maximum absolute atomic E-state index is 6.38. The molecule has 0 amide bonds. The summed E-state index contributed by atoms with van der Waals surface area (Å²) < 4.78 is 11.4. The lowest BCUT2D eigenvalue weighted by atomic mass is 10.1. The molecule has 10 rings (SSSR count). The average Bonchev–Trinajstić information content (AvgIpc) is 3.78. The number of thiophene rings is 1. The Morgan fingerprint density at radius 3 is 2.20 bits per heavy atom. The molecule has 0 atom stereocenters. The van der Waals surface area contributed by atoms with E-state index >= 15 is 0 Å². The van der Waals surface area contributed by atoms with Crippen molar-refractivity contribution in [2.75, 3.05) is 0 Å². The van der Waals surface area contributed by atoms with Crippen molar-refractivity contribution in [3.8, 4) is 28.3 Å². The molecule has 10 aromatic rings. The van der Waals surface area contributed by atoms with Gasteiger partial charge in [-0.15, -0.1) is 11.3 Å². The van der Waals surface area contributed by atoms with Gasteiger partial charge in [0.15, 0.2) is 11.4 Å². The van der Waals surface area contributed by atoms with Crippen molar-refractivity contribution in [3.63, 3.8) is 0 Å². The van der Waals surface area contributed by atoms with Crippen LogP contribution in [0, 0.1) is 0 Å². The Hall–Kier alpha value is -5.78. The van der Waals surface area contributed by atoms with Gasteiger partial charge in [0.1, 0.15) is 16.8 Å². The van der Waals surface area contributed by atoms with E-state index in [9.17, 15) is 0 Å². The maximum atomic E-state index is 6.38. The fourth-order valence-corrected chi connectivity index (χ4v) is 8.11. The molecular formula is C40H23N3OS. The monoisotopic (exact) mass is 593 g/mol. The van der Waals surface area contributed by atoms with E-state index < -0.39 is 0 Å². The first kappa shape index (κ1) is 24.6. The normalized spacial score (nSPS) is 12.0. The summed E-state index contributed by atoms with van der Waals surface area (Å²) in [6, 6.07) is 48.8. The largest absolute Gasteiger partial charge is 0.452 e. The first-order valence-corrected chi connectivity index (χ1v) is 15.8. The van der Waals surface area contributed by atoms with Gasteiger partial charge in [-0.1, -0.05) is 97.1 Å². The van der Waals surface area contributed by atoms with E-state index in [1.807, 2.05) is 47.7 Å². The minimum Gasteiger partial charge on any atom is -0.452 e. The topological polar surface area (TPSA) is 43.9 Å². The van der Waals surface area contributed by atoms with Gasteiger partial charge in [0, 0.05) is 47.5 Å². The number of benzene rings is 6.